The zero-order chi connectivity index (χ0) is 15.2. The maximum atomic E-state index is 4.57. The lowest BCUT2D eigenvalue weighted by Crippen LogP contribution is -2.21. The zero-order valence-electron chi connectivity index (χ0n) is 13.4. The van der Waals surface area contributed by atoms with Crippen molar-refractivity contribution in [1.82, 2.24) is 19.9 Å². The second-order valence-electron chi connectivity index (χ2n) is 5.43. The van der Waals surface area contributed by atoms with Crippen LogP contribution in [-0.4, -0.2) is 28.1 Å². The minimum absolute atomic E-state index is 0.291. The molecule has 0 bridgehead atoms. The molecule has 0 spiro atoms. The average Bonchev–Trinajstić information content (AvgIpc) is 2.90. The average molecular weight is 287 g/mol. The van der Waals surface area contributed by atoms with Gasteiger partial charge in [0, 0.05) is 32.5 Å². The van der Waals surface area contributed by atoms with Crippen LogP contribution in [-0.2, 0) is 13.6 Å². The van der Waals surface area contributed by atoms with E-state index in [0.717, 1.165) is 36.7 Å². The fourth-order valence-electron chi connectivity index (χ4n) is 2.20. The van der Waals surface area contributed by atoms with Crippen LogP contribution in [0.2, 0.25) is 0 Å². The van der Waals surface area contributed by atoms with Gasteiger partial charge in [0.25, 0.3) is 0 Å². The summed E-state index contributed by atoms with van der Waals surface area (Å²) < 4.78 is 2.04. The van der Waals surface area contributed by atoms with E-state index in [0.29, 0.717) is 6.04 Å². The Kier molecular flexibility index (Phi) is 5.33. The fraction of sp³-hybridized carbons (Fsp3) is 0.500. The van der Waals surface area contributed by atoms with Crippen LogP contribution >= 0.6 is 0 Å². The normalized spacial score (nSPS) is 12.4. The van der Waals surface area contributed by atoms with Crippen molar-refractivity contribution in [3.05, 3.63) is 42.2 Å². The Balaban J connectivity index is 1.99. The highest BCUT2D eigenvalue weighted by Crippen LogP contribution is 2.17. The van der Waals surface area contributed by atoms with Crippen molar-refractivity contribution in [3.8, 4) is 0 Å². The Labute approximate surface area is 127 Å². The van der Waals surface area contributed by atoms with E-state index < -0.39 is 0 Å². The Bertz CT molecular complexity index is 546. The molecule has 5 nitrogen and oxygen atoms in total. The first-order valence-corrected chi connectivity index (χ1v) is 7.48. The smallest absolute Gasteiger partial charge is 0.127 e. The molecule has 1 unspecified atom stereocenters. The molecule has 21 heavy (non-hydrogen) atoms. The molecule has 2 aromatic heterocycles. The molecule has 2 heterocycles. The van der Waals surface area contributed by atoms with Gasteiger partial charge in [-0.25, -0.2) is 4.98 Å². The molecule has 2 aromatic rings. The maximum Gasteiger partial charge on any atom is 0.127 e. The third-order valence-electron chi connectivity index (χ3n) is 3.66. The summed E-state index contributed by atoms with van der Waals surface area (Å²) in [5.74, 6) is 1.04. The number of hydrogen-bond donors (Lipinski definition) is 1. The molecule has 0 fully saturated rings. The maximum absolute atomic E-state index is 4.57. The first-order chi connectivity index (χ1) is 10.1. The molecule has 0 aromatic carbocycles. The van der Waals surface area contributed by atoms with Gasteiger partial charge in [-0.05, 0) is 32.0 Å². The second kappa shape index (κ2) is 7.22. The van der Waals surface area contributed by atoms with Gasteiger partial charge in [0.2, 0.25) is 0 Å². The Morgan fingerprint density at radius 3 is 2.71 bits per heavy atom. The van der Waals surface area contributed by atoms with Crippen molar-refractivity contribution >= 4 is 5.69 Å². The minimum atomic E-state index is 0.291. The summed E-state index contributed by atoms with van der Waals surface area (Å²) in [6.45, 7) is 6.11. The first kappa shape index (κ1) is 15.5. The molecule has 0 saturated carbocycles. The van der Waals surface area contributed by atoms with Crippen molar-refractivity contribution in [2.75, 3.05) is 18.5 Å². The van der Waals surface area contributed by atoms with Gasteiger partial charge in [0.15, 0.2) is 0 Å². The number of nitrogens with zero attached hydrogens (tertiary/aromatic N) is 4. The number of aryl methyl sites for hydroxylation is 1. The number of rotatable bonds is 7. The van der Waals surface area contributed by atoms with E-state index in [1.54, 1.807) is 0 Å². The van der Waals surface area contributed by atoms with Crippen LogP contribution in [0.25, 0.3) is 0 Å². The van der Waals surface area contributed by atoms with Gasteiger partial charge in [-0.1, -0.05) is 6.92 Å². The minimum Gasteiger partial charge on any atom is -0.366 e. The number of aromatic nitrogens is 3. The van der Waals surface area contributed by atoms with E-state index in [4.69, 9.17) is 0 Å². The quantitative estimate of drug-likeness (QED) is 0.850. The number of imidazole rings is 1. The summed E-state index contributed by atoms with van der Waals surface area (Å²) >= 11 is 0. The Hall–Kier alpha value is -1.88. The van der Waals surface area contributed by atoms with Gasteiger partial charge < -0.3 is 14.8 Å². The Morgan fingerprint density at radius 1 is 1.33 bits per heavy atom. The summed E-state index contributed by atoms with van der Waals surface area (Å²) in [7, 11) is 4.07. The van der Waals surface area contributed by atoms with Gasteiger partial charge in [0.1, 0.15) is 5.82 Å². The van der Waals surface area contributed by atoms with Gasteiger partial charge in [-0.2, -0.15) is 0 Å². The van der Waals surface area contributed by atoms with Crippen molar-refractivity contribution < 1.29 is 0 Å². The molecule has 0 aliphatic carbocycles. The van der Waals surface area contributed by atoms with Gasteiger partial charge in [0.05, 0.1) is 24.1 Å². The summed E-state index contributed by atoms with van der Waals surface area (Å²) in [4.78, 5) is 11.1. The lowest BCUT2D eigenvalue weighted by Gasteiger charge is -2.20. The third kappa shape index (κ3) is 4.04. The van der Waals surface area contributed by atoms with Crippen molar-refractivity contribution in [1.29, 1.82) is 0 Å². The predicted molar refractivity (Wildman–Crippen MR) is 86.3 cm³/mol. The molecule has 0 radical (unpaired) electrons. The summed E-state index contributed by atoms with van der Waals surface area (Å²) in [6, 6.07) is 4.51. The van der Waals surface area contributed by atoms with E-state index in [-0.39, 0.29) is 0 Å². The van der Waals surface area contributed by atoms with Crippen LogP contribution in [0.3, 0.4) is 0 Å². The summed E-state index contributed by atoms with van der Waals surface area (Å²) in [5, 5.41) is 3.45. The number of hydrogen-bond acceptors (Lipinski definition) is 4. The largest absolute Gasteiger partial charge is 0.366 e. The fourth-order valence-corrected chi connectivity index (χ4v) is 2.20. The van der Waals surface area contributed by atoms with E-state index in [9.17, 15) is 0 Å². The number of anilines is 1. The van der Waals surface area contributed by atoms with E-state index in [1.807, 2.05) is 30.2 Å². The molecule has 0 saturated heterocycles. The first-order valence-electron chi connectivity index (χ1n) is 7.48. The van der Waals surface area contributed by atoms with E-state index in [1.165, 1.54) is 0 Å². The summed E-state index contributed by atoms with van der Waals surface area (Å²) in [6.07, 6.45) is 6.86. The highest BCUT2D eigenvalue weighted by Gasteiger charge is 2.09. The van der Waals surface area contributed by atoms with Gasteiger partial charge >= 0.3 is 0 Å². The molecule has 2 rings (SSSR count). The molecular weight excluding hydrogens is 262 g/mol. The predicted octanol–water partition coefficient (Wildman–Crippen LogP) is 2.51. The van der Waals surface area contributed by atoms with Gasteiger partial charge in [-0.3, -0.25) is 4.98 Å². The molecule has 114 valence electrons. The summed E-state index contributed by atoms with van der Waals surface area (Å²) in [5.41, 5.74) is 2.18. The Morgan fingerprint density at radius 2 is 2.14 bits per heavy atom. The standard InChI is InChI=1S/C16H25N5/c1-5-8-17-13(2)15-7-6-14(11-19-15)21(4)12-16-18-9-10-20(16)3/h6-7,9-11,13,17H,5,8,12H2,1-4H3. The number of pyridine rings is 1. The van der Waals surface area contributed by atoms with E-state index >= 15 is 0 Å². The van der Waals surface area contributed by atoms with Crippen LogP contribution in [0.5, 0.6) is 0 Å². The molecule has 0 aliphatic rings. The van der Waals surface area contributed by atoms with E-state index in [2.05, 4.69) is 53.2 Å². The van der Waals surface area contributed by atoms with Crippen molar-refractivity contribution in [3.63, 3.8) is 0 Å². The van der Waals surface area contributed by atoms with Crippen LogP contribution in [0.15, 0.2) is 30.7 Å². The highest BCUT2D eigenvalue weighted by molar-refractivity contribution is 5.44. The third-order valence-corrected chi connectivity index (χ3v) is 3.66. The number of nitrogens with one attached hydrogen (secondary N) is 1. The second-order valence-corrected chi connectivity index (χ2v) is 5.43. The van der Waals surface area contributed by atoms with Crippen LogP contribution in [0.1, 0.15) is 37.8 Å². The monoisotopic (exact) mass is 287 g/mol. The molecule has 5 heteroatoms. The van der Waals surface area contributed by atoms with Crippen molar-refractivity contribution in [2.24, 2.45) is 7.05 Å². The van der Waals surface area contributed by atoms with Gasteiger partial charge in [-0.15, -0.1) is 0 Å². The highest BCUT2D eigenvalue weighted by atomic mass is 15.2. The lowest BCUT2D eigenvalue weighted by molar-refractivity contribution is 0.558. The molecule has 1 atom stereocenters. The SMILES string of the molecule is CCCNC(C)c1ccc(N(C)Cc2nccn2C)cn1. The van der Waals surface area contributed by atoms with Crippen LogP contribution < -0.4 is 10.2 Å². The molecule has 1 N–H and O–H groups in total. The lowest BCUT2D eigenvalue weighted by atomic mass is 10.2. The van der Waals surface area contributed by atoms with Crippen LogP contribution in [0, 0.1) is 0 Å². The molecule has 0 aliphatic heterocycles. The zero-order valence-corrected chi connectivity index (χ0v) is 13.4. The van der Waals surface area contributed by atoms with Crippen molar-refractivity contribution in [2.45, 2.75) is 32.9 Å². The topological polar surface area (TPSA) is 46.0 Å². The molecule has 0 amide bonds. The molecular formula is C16H25N5. The van der Waals surface area contributed by atoms with Crippen LogP contribution in [0.4, 0.5) is 5.69 Å².